The van der Waals surface area contributed by atoms with Gasteiger partial charge in [-0.05, 0) is 30.9 Å². The van der Waals surface area contributed by atoms with Gasteiger partial charge in [-0.1, -0.05) is 23.7 Å². The number of amides is 1. The Kier molecular flexibility index (Phi) is 3.90. The minimum atomic E-state index is -0.188. The Morgan fingerprint density at radius 3 is 2.95 bits per heavy atom. The van der Waals surface area contributed by atoms with Gasteiger partial charge in [-0.15, -0.1) is 0 Å². The molecule has 0 saturated heterocycles. The third-order valence-corrected chi connectivity index (χ3v) is 3.89. The number of hydrogen-bond donors (Lipinski definition) is 1. The Morgan fingerprint density at radius 1 is 1.43 bits per heavy atom. The van der Waals surface area contributed by atoms with Crippen LogP contribution < -0.4 is 10.1 Å². The summed E-state index contributed by atoms with van der Waals surface area (Å²) in [6.45, 7) is 0.718. The Balaban J connectivity index is 1.71. The van der Waals surface area contributed by atoms with E-state index in [0.717, 1.165) is 12.1 Å². The zero-order valence-electron chi connectivity index (χ0n) is 12.0. The predicted molar refractivity (Wildman–Crippen MR) is 78.2 cm³/mol. The Hall–Kier alpha value is -2.30. The summed E-state index contributed by atoms with van der Waals surface area (Å²) in [6, 6.07) is 9.12. The molecule has 0 atom stereocenters. The number of methoxy groups -OCH3 is 1. The van der Waals surface area contributed by atoms with Crippen molar-refractivity contribution in [3.63, 3.8) is 0 Å². The topological polar surface area (TPSA) is 64.4 Å². The minimum Gasteiger partial charge on any atom is -0.496 e. The number of nitrogens with one attached hydrogen (secondary N) is 1. The van der Waals surface area contributed by atoms with Gasteiger partial charge in [0.15, 0.2) is 11.5 Å². The summed E-state index contributed by atoms with van der Waals surface area (Å²) in [5, 5.41) is 6.75. The summed E-state index contributed by atoms with van der Waals surface area (Å²) in [4.78, 5) is 12.0. The van der Waals surface area contributed by atoms with Crippen LogP contribution in [-0.4, -0.2) is 24.7 Å². The van der Waals surface area contributed by atoms with Gasteiger partial charge in [0.25, 0.3) is 5.91 Å². The van der Waals surface area contributed by atoms with E-state index in [4.69, 9.17) is 9.26 Å². The van der Waals surface area contributed by atoms with E-state index >= 15 is 0 Å². The summed E-state index contributed by atoms with van der Waals surface area (Å²) >= 11 is 0. The van der Waals surface area contributed by atoms with Crippen LogP contribution in [0.2, 0.25) is 0 Å². The normalized spacial score (nSPS) is 14.5. The fraction of sp³-hybridized carbons (Fsp3) is 0.375. The summed E-state index contributed by atoms with van der Waals surface area (Å²) in [5.41, 5.74) is 1.08. The van der Waals surface area contributed by atoms with E-state index in [1.807, 2.05) is 24.3 Å². The van der Waals surface area contributed by atoms with Crippen LogP contribution in [0.15, 0.2) is 34.9 Å². The van der Waals surface area contributed by atoms with Gasteiger partial charge >= 0.3 is 0 Å². The molecule has 1 aliphatic carbocycles. The van der Waals surface area contributed by atoms with Crippen molar-refractivity contribution < 1.29 is 14.1 Å². The lowest BCUT2D eigenvalue weighted by molar-refractivity contribution is 0.0930. The molecule has 0 bridgehead atoms. The number of hydrogen-bond acceptors (Lipinski definition) is 4. The average molecular weight is 286 g/mol. The molecule has 1 saturated carbocycles. The Labute approximate surface area is 123 Å². The first-order chi connectivity index (χ1) is 10.3. The number of nitrogens with zero attached hydrogens (tertiary/aromatic N) is 1. The molecular weight excluding hydrogens is 268 g/mol. The molecule has 21 heavy (non-hydrogen) atoms. The zero-order valence-corrected chi connectivity index (χ0v) is 12.0. The van der Waals surface area contributed by atoms with Crippen molar-refractivity contribution >= 4 is 5.91 Å². The molecule has 1 amide bonds. The highest BCUT2D eigenvalue weighted by atomic mass is 16.5. The van der Waals surface area contributed by atoms with E-state index in [1.54, 1.807) is 13.2 Å². The average Bonchev–Trinajstić information content (AvgIpc) is 2.95. The van der Waals surface area contributed by atoms with E-state index in [-0.39, 0.29) is 5.91 Å². The third kappa shape index (κ3) is 2.91. The molecule has 1 fully saturated rings. The summed E-state index contributed by atoms with van der Waals surface area (Å²) in [6.07, 6.45) is 3.67. The van der Waals surface area contributed by atoms with Crippen LogP contribution in [-0.2, 0) is 0 Å². The first kappa shape index (κ1) is 13.7. The second kappa shape index (κ2) is 5.99. The molecule has 1 aromatic carbocycles. The van der Waals surface area contributed by atoms with Gasteiger partial charge in [0, 0.05) is 12.6 Å². The van der Waals surface area contributed by atoms with E-state index in [0.29, 0.717) is 23.1 Å². The highest BCUT2D eigenvalue weighted by Crippen LogP contribution is 2.30. The van der Waals surface area contributed by atoms with Gasteiger partial charge in [-0.3, -0.25) is 4.79 Å². The summed E-state index contributed by atoms with van der Waals surface area (Å²) < 4.78 is 10.6. The molecular formula is C16H18N2O3. The van der Waals surface area contributed by atoms with Crippen molar-refractivity contribution in [2.24, 2.45) is 5.92 Å². The minimum absolute atomic E-state index is 0.188. The fourth-order valence-electron chi connectivity index (χ4n) is 2.38. The number of benzene rings is 1. The van der Waals surface area contributed by atoms with Crippen molar-refractivity contribution in [2.75, 3.05) is 13.7 Å². The fourth-order valence-corrected chi connectivity index (χ4v) is 2.38. The highest BCUT2D eigenvalue weighted by molar-refractivity contribution is 5.93. The lowest BCUT2D eigenvalue weighted by Gasteiger charge is -2.24. The van der Waals surface area contributed by atoms with E-state index in [9.17, 15) is 4.79 Å². The van der Waals surface area contributed by atoms with E-state index < -0.39 is 0 Å². The second-order valence-electron chi connectivity index (χ2n) is 5.28. The molecule has 1 aromatic heterocycles. The SMILES string of the molecule is COc1ccccc1-c1cc(C(=O)NCC2CCC2)no1. The van der Waals surface area contributed by atoms with Crippen LogP contribution >= 0.6 is 0 Å². The van der Waals surface area contributed by atoms with Gasteiger partial charge in [0.2, 0.25) is 0 Å². The molecule has 3 rings (SSSR count). The first-order valence-corrected chi connectivity index (χ1v) is 7.16. The summed E-state index contributed by atoms with van der Waals surface area (Å²) in [7, 11) is 1.60. The highest BCUT2D eigenvalue weighted by Gasteiger charge is 2.20. The molecule has 0 spiro atoms. The number of para-hydroxylation sites is 1. The molecule has 0 aliphatic heterocycles. The predicted octanol–water partition coefficient (Wildman–Crippen LogP) is 2.88. The van der Waals surface area contributed by atoms with Crippen LogP contribution in [0.1, 0.15) is 29.8 Å². The molecule has 1 N–H and O–H groups in total. The van der Waals surface area contributed by atoms with Crippen LogP contribution in [0.25, 0.3) is 11.3 Å². The van der Waals surface area contributed by atoms with Crippen LogP contribution in [0.5, 0.6) is 5.75 Å². The molecule has 110 valence electrons. The Bertz CT molecular complexity index is 632. The lowest BCUT2D eigenvalue weighted by atomic mass is 9.85. The van der Waals surface area contributed by atoms with Gasteiger partial charge < -0.3 is 14.6 Å². The van der Waals surface area contributed by atoms with Crippen molar-refractivity contribution in [2.45, 2.75) is 19.3 Å². The molecule has 1 heterocycles. The number of aromatic nitrogens is 1. The van der Waals surface area contributed by atoms with Crippen molar-refractivity contribution in [3.05, 3.63) is 36.0 Å². The molecule has 1 aliphatic rings. The number of ether oxygens (including phenoxy) is 1. The van der Waals surface area contributed by atoms with E-state index in [2.05, 4.69) is 10.5 Å². The third-order valence-electron chi connectivity index (χ3n) is 3.89. The van der Waals surface area contributed by atoms with Gasteiger partial charge in [-0.25, -0.2) is 0 Å². The molecule has 0 unspecified atom stereocenters. The number of rotatable bonds is 5. The molecule has 0 radical (unpaired) electrons. The monoisotopic (exact) mass is 286 g/mol. The standard InChI is InChI=1S/C16H18N2O3/c1-20-14-8-3-2-7-12(14)15-9-13(18-21-15)16(19)17-10-11-5-4-6-11/h2-3,7-9,11H,4-6,10H2,1H3,(H,17,19). The molecule has 2 aromatic rings. The molecule has 5 nitrogen and oxygen atoms in total. The second-order valence-corrected chi connectivity index (χ2v) is 5.28. The summed E-state index contributed by atoms with van der Waals surface area (Å²) in [5.74, 6) is 1.65. The maximum absolute atomic E-state index is 12.0. The molecule has 5 heteroatoms. The van der Waals surface area contributed by atoms with Gasteiger partial charge in [-0.2, -0.15) is 0 Å². The number of carbonyl (C=O) groups is 1. The van der Waals surface area contributed by atoms with Crippen LogP contribution in [0.3, 0.4) is 0 Å². The largest absolute Gasteiger partial charge is 0.496 e. The maximum Gasteiger partial charge on any atom is 0.273 e. The lowest BCUT2D eigenvalue weighted by Crippen LogP contribution is -2.32. The number of carbonyl (C=O) groups excluding carboxylic acids is 1. The van der Waals surface area contributed by atoms with Crippen LogP contribution in [0, 0.1) is 5.92 Å². The Morgan fingerprint density at radius 2 is 2.24 bits per heavy atom. The first-order valence-electron chi connectivity index (χ1n) is 7.16. The smallest absolute Gasteiger partial charge is 0.273 e. The van der Waals surface area contributed by atoms with Crippen LogP contribution in [0.4, 0.5) is 0 Å². The van der Waals surface area contributed by atoms with Gasteiger partial charge in [0.1, 0.15) is 5.75 Å². The van der Waals surface area contributed by atoms with Crippen molar-refractivity contribution in [3.8, 4) is 17.1 Å². The maximum atomic E-state index is 12.0. The van der Waals surface area contributed by atoms with Gasteiger partial charge in [0.05, 0.1) is 12.7 Å². The zero-order chi connectivity index (χ0) is 14.7. The van der Waals surface area contributed by atoms with E-state index in [1.165, 1.54) is 19.3 Å². The van der Waals surface area contributed by atoms with Crippen molar-refractivity contribution in [1.29, 1.82) is 0 Å². The van der Waals surface area contributed by atoms with Crippen molar-refractivity contribution in [1.82, 2.24) is 10.5 Å². The quantitative estimate of drug-likeness (QED) is 0.918.